The van der Waals surface area contributed by atoms with Crippen molar-refractivity contribution in [3.8, 4) is 11.3 Å². The van der Waals surface area contributed by atoms with Crippen LogP contribution in [0.4, 0.5) is 10.5 Å². The van der Waals surface area contributed by atoms with Crippen LogP contribution in [0.5, 0.6) is 0 Å². The molecule has 0 radical (unpaired) electrons. The zero-order valence-corrected chi connectivity index (χ0v) is 21.5. The number of carbonyl (C=O) groups excluding carboxylic acids is 1. The fourth-order valence-corrected chi connectivity index (χ4v) is 4.46. The third-order valence-corrected chi connectivity index (χ3v) is 6.57. The number of para-hydroxylation sites is 1. The van der Waals surface area contributed by atoms with Gasteiger partial charge in [0, 0.05) is 16.6 Å². The molecule has 4 heteroatoms. The first kappa shape index (κ1) is 26.8. The molecule has 0 saturated carbocycles. The van der Waals surface area contributed by atoms with Gasteiger partial charge in [-0.05, 0) is 42.8 Å². The molecular formula is C31H43NO3. The van der Waals surface area contributed by atoms with E-state index in [4.69, 9.17) is 9.15 Å². The third-order valence-electron chi connectivity index (χ3n) is 6.57. The van der Waals surface area contributed by atoms with Gasteiger partial charge in [0.15, 0.2) is 0 Å². The predicted octanol–water partition coefficient (Wildman–Crippen LogP) is 10.1. The fourth-order valence-electron chi connectivity index (χ4n) is 4.46. The van der Waals surface area contributed by atoms with Crippen molar-refractivity contribution in [2.75, 3.05) is 11.9 Å². The molecule has 0 aliphatic carbocycles. The average Bonchev–Trinajstić information content (AvgIpc) is 3.31. The molecule has 2 aromatic carbocycles. The zero-order chi connectivity index (χ0) is 24.6. The minimum atomic E-state index is -0.392. The van der Waals surface area contributed by atoms with Gasteiger partial charge in [0.2, 0.25) is 0 Å². The standard InChI is InChI=1S/C31H43NO3/c1-2-3-4-5-6-7-8-9-10-11-12-13-14-17-24-34-31(33)32-28-22-20-26(21-23-28)30-25-27-18-15-16-19-29(27)35-30/h15-16,18-23,25H,2-14,17,24H2,1H3,(H,32,33). The third kappa shape index (κ3) is 10.2. The number of hydrogen-bond donors (Lipinski definition) is 1. The Bertz CT molecular complexity index is 943. The van der Waals surface area contributed by atoms with E-state index >= 15 is 0 Å². The van der Waals surface area contributed by atoms with Crippen LogP contribution in [0, 0.1) is 0 Å². The first-order valence-electron chi connectivity index (χ1n) is 13.8. The predicted molar refractivity (Wildman–Crippen MR) is 147 cm³/mol. The van der Waals surface area contributed by atoms with E-state index in [1.807, 2.05) is 54.6 Å². The van der Waals surface area contributed by atoms with Gasteiger partial charge < -0.3 is 9.15 Å². The second-order valence-corrected chi connectivity index (χ2v) is 9.58. The van der Waals surface area contributed by atoms with Crippen molar-refractivity contribution >= 4 is 22.7 Å². The lowest BCUT2D eigenvalue weighted by molar-refractivity contribution is 0.159. The molecule has 0 bridgehead atoms. The van der Waals surface area contributed by atoms with E-state index in [0.717, 1.165) is 40.8 Å². The average molecular weight is 478 g/mol. The molecule has 0 fully saturated rings. The number of nitrogens with one attached hydrogen (secondary N) is 1. The highest BCUT2D eigenvalue weighted by Gasteiger charge is 2.07. The van der Waals surface area contributed by atoms with Gasteiger partial charge in [-0.2, -0.15) is 0 Å². The summed E-state index contributed by atoms with van der Waals surface area (Å²) in [6.07, 6.45) is 18.1. The number of fused-ring (bicyclic) bond motifs is 1. The minimum absolute atomic E-state index is 0.392. The number of hydrogen-bond acceptors (Lipinski definition) is 3. The van der Waals surface area contributed by atoms with Gasteiger partial charge in [0.05, 0.1) is 6.61 Å². The van der Waals surface area contributed by atoms with E-state index in [-0.39, 0.29) is 0 Å². The van der Waals surface area contributed by atoms with E-state index in [1.54, 1.807) is 0 Å². The van der Waals surface area contributed by atoms with Gasteiger partial charge in [0.25, 0.3) is 0 Å². The molecular weight excluding hydrogens is 434 g/mol. The van der Waals surface area contributed by atoms with Gasteiger partial charge in [0.1, 0.15) is 11.3 Å². The van der Waals surface area contributed by atoms with Gasteiger partial charge in [-0.15, -0.1) is 0 Å². The molecule has 3 aromatic rings. The van der Waals surface area contributed by atoms with Crippen LogP contribution in [0.3, 0.4) is 0 Å². The van der Waals surface area contributed by atoms with Gasteiger partial charge in [-0.3, -0.25) is 5.32 Å². The largest absolute Gasteiger partial charge is 0.456 e. The Labute approximate surface area is 211 Å². The summed E-state index contributed by atoms with van der Waals surface area (Å²) >= 11 is 0. The lowest BCUT2D eigenvalue weighted by Gasteiger charge is -2.07. The summed E-state index contributed by atoms with van der Waals surface area (Å²) in [5.41, 5.74) is 2.56. The molecule has 1 aromatic heterocycles. The first-order valence-corrected chi connectivity index (χ1v) is 13.8. The summed E-state index contributed by atoms with van der Waals surface area (Å²) in [4.78, 5) is 12.1. The number of unbranched alkanes of at least 4 members (excludes halogenated alkanes) is 13. The van der Waals surface area contributed by atoms with Gasteiger partial charge in [-0.25, -0.2) is 4.79 Å². The monoisotopic (exact) mass is 477 g/mol. The van der Waals surface area contributed by atoms with Crippen molar-refractivity contribution in [2.24, 2.45) is 0 Å². The molecule has 1 N–H and O–H groups in total. The topological polar surface area (TPSA) is 51.5 Å². The smallest absolute Gasteiger partial charge is 0.411 e. The number of rotatable bonds is 17. The van der Waals surface area contributed by atoms with Crippen molar-refractivity contribution in [3.63, 3.8) is 0 Å². The molecule has 4 nitrogen and oxygen atoms in total. The van der Waals surface area contributed by atoms with Crippen molar-refractivity contribution in [2.45, 2.75) is 96.8 Å². The number of ether oxygens (including phenoxy) is 1. The highest BCUT2D eigenvalue weighted by atomic mass is 16.5. The van der Waals surface area contributed by atoms with Crippen molar-refractivity contribution in [1.29, 1.82) is 0 Å². The first-order chi connectivity index (χ1) is 17.3. The van der Waals surface area contributed by atoms with Crippen LogP contribution in [0.15, 0.2) is 59.0 Å². The Morgan fingerprint density at radius 1 is 0.743 bits per heavy atom. The number of amides is 1. The Morgan fingerprint density at radius 3 is 1.91 bits per heavy atom. The maximum Gasteiger partial charge on any atom is 0.411 e. The normalized spacial score (nSPS) is 11.1. The van der Waals surface area contributed by atoms with Gasteiger partial charge >= 0.3 is 6.09 Å². The molecule has 0 aliphatic heterocycles. The van der Waals surface area contributed by atoms with Crippen LogP contribution in [0.25, 0.3) is 22.3 Å². The van der Waals surface area contributed by atoms with Crippen molar-refractivity contribution < 1.29 is 13.9 Å². The summed E-state index contributed by atoms with van der Waals surface area (Å²) in [6.45, 7) is 2.75. The Balaban J connectivity index is 1.18. The molecule has 35 heavy (non-hydrogen) atoms. The Kier molecular flexibility index (Phi) is 12.3. The van der Waals surface area contributed by atoms with Crippen LogP contribution >= 0.6 is 0 Å². The molecule has 0 atom stereocenters. The van der Waals surface area contributed by atoms with Crippen LogP contribution in [0.2, 0.25) is 0 Å². The van der Waals surface area contributed by atoms with Crippen LogP contribution in [-0.4, -0.2) is 12.7 Å². The lowest BCUT2D eigenvalue weighted by atomic mass is 10.0. The number of benzene rings is 2. The Hall–Kier alpha value is -2.75. The maximum atomic E-state index is 12.1. The molecule has 1 amide bonds. The summed E-state index contributed by atoms with van der Waals surface area (Å²) in [7, 11) is 0. The SMILES string of the molecule is CCCCCCCCCCCCCCCCOC(=O)Nc1ccc(-c2cc3ccccc3o2)cc1. The second kappa shape index (κ2) is 16.0. The molecule has 0 saturated heterocycles. The van der Waals surface area contributed by atoms with E-state index in [0.29, 0.717) is 6.61 Å². The quantitative estimate of drug-likeness (QED) is 0.197. The minimum Gasteiger partial charge on any atom is -0.456 e. The summed E-state index contributed by atoms with van der Waals surface area (Å²) in [5, 5.41) is 3.89. The van der Waals surface area contributed by atoms with E-state index < -0.39 is 6.09 Å². The second-order valence-electron chi connectivity index (χ2n) is 9.58. The van der Waals surface area contributed by atoms with Crippen LogP contribution in [0.1, 0.15) is 96.8 Å². The van der Waals surface area contributed by atoms with Crippen LogP contribution < -0.4 is 5.32 Å². The molecule has 0 aliphatic rings. The fraction of sp³-hybridized carbons (Fsp3) is 0.516. The summed E-state index contributed by atoms with van der Waals surface area (Å²) < 4.78 is 11.2. The van der Waals surface area contributed by atoms with Gasteiger partial charge in [-0.1, -0.05) is 109 Å². The molecule has 190 valence electrons. The highest BCUT2D eigenvalue weighted by molar-refractivity contribution is 5.86. The number of carbonyl (C=O) groups is 1. The van der Waals surface area contributed by atoms with E-state index in [9.17, 15) is 4.79 Å². The number of furan rings is 1. The Morgan fingerprint density at radius 2 is 1.31 bits per heavy atom. The molecule has 0 unspecified atom stereocenters. The lowest BCUT2D eigenvalue weighted by Crippen LogP contribution is -2.14. The van der Waals surface area contributed by atoms with Crippen LogP contribution in [-0.2, 0) is 4.74 Å². The molecule has 3 rings (SSSR count). The van der Waals surface area contributed by atoms with Crippen molar-refractivity contribution in [1.82, 2.24) is 0 Å². The van der Waals surface area contributed by atoms with E-state index in [1.165, 1.54) is 77.0 Å². The van der Waals surface area contributed by atoms with Crippen molar-refractivity contribution in [3.05, 3.63) is 54.6 Å². The summed E-state index contributed by atoms with van der Waals surface area (Å²) in [6, 6.07) is 17.6. The number of anilines is 1. The molecule has 0 spiro atoms. The van der Waals surface area contributed by atoms with E-state index in [2.05, 4.69) is 12.2 Å². The maximum absolute atomic E-state index is 12.1. The summed E-state index contributed by atoms with van der Waals surface area (Å²) in [5.74, 6) is 0.818. The highest BCUT2D eigenvalue weighted by Crippen LogP contribution is 2.28. The zero-order valence-electron chi connectivity index (χ0n) is 21.5. The molecule has 1 heterocycles.